The number of esters is 4. The Labute approximate surface area is 497 Å². The number of ether oxygens (including phenoxy) is 6. The third-order valence-electron chi connectivity index (χ3n) is 15.5. The molecule has 0 saturated heterocycles. The van der Waals surface area contributed by atoms with Crippen LogP contribution in [0.3, 0.4) is 0 Å². The lowest BCUT2D eigenvalue weighted by Gasteiger charge is -2.30. The molecule has 0 N–H and O–H groups in total. The summed E-state index contributed by atoms with van der Waals surface area (Å²) in [6.07, 6.45) is 22.5. The second-order valence-corrected chi connectivity index (χ2v) is 22.8. The van der Waals surface area contributed by atoms with Gasteiger partial charge in [0.15, 0.2) is 11.5 Å². The number of hydrazone groups is 1. The first kappa shape index (κ1) is 62.8. The standard InChI is InChI=1S/C66H81N3O14S/c1-3-62(70)76-42-16-7-5-14-40-74-54-30-34-56(35-31-54)80-64(72)50-26-24-49(25-27-50)47-79-83-60-39-38-58(44-52(60)45-67-69(53-18-10-9-11-19-53)66-68-59-20-12-13-21-61(59)84-66)81-65(73)51-28-22-48(23-29-51)46-78-82-57-36-32-55(33-37-57)75-41-15-6-8-17-43-77-63(71)4-2/h3-4,12-13,20-21,30-39,44-45,48-51,53H,1-2,5-11,14-19,22-29,40-43,46-47H2/b67-45+. The maximum Gasteiger partial charge on any atom is 0.330 e. The van der Waals surface area contributed by atoms with E-state index >= 15 is 0 Å². The second kappa shape index (κ2) is 34.5. The topological polar surface area (TPSA) is 189 Å². The van der Waals surface area contributed by atoms with Crippen LogP contribution in [0.25, 0.3) is 10.2 Å². The zero-order valence-corrected chi connectivity index (χ0v) is 49.1. The van der Waals surface area contributed by atoms with Crippen LogP contribution in [0.5, 0.6) is 34.5 Å². The summed E-state index contributed by atoms with van der Waals surface area (Å²) in [7, 11) is 0. The predicted molar refractivity (Wildman–Crippen MR) is 321 cm³/mol. The summed E-state index contributed by atoms with van der Waals surface area (Å²) in [5.41, 5.74) is 1.51. The highest BCUT2D eigenvalue weighted by Gasteiger charge is 2.31. The van der Waals surface area contributed by atoms with Gasteiger partial charge in [-0.25, -0.2) is 19.6 Å². The van der Waals surface area contributed by atoms with E-state index in [9.17, 15) is 19.2 Å². The molecular weight excluding hydrogens is 1090 g/mol. The van der Waals surface area contributed by atoms with E-state index in [4.69, 9.17) is 58.1 Å². The van der Waals surface area contributed by atoms with Crippen LogP contribution < -0.4 is 33.7 Å². The van der Waals surface area contributed by atoms with E-state index in [0.29, 0.717) is 99.6 Å². The average molecular weight is 1170 g/mol. The number of benzene rings is 4. The van der Waals surface area contributed by atoms with Gasteiger partial charge in [-0.2, -0.15) is 14.9 Å². The summed E-state index contributed by atoms with van der Waals surface area (Å²) >= 11 is 1.62. The molecule has 0 unspecified atom stereocenters. The van der Waals surface area contributed by atoms with E-state index in [-0.39, 0.29) is 41.7 Å². The molecule has 5 aromatic rings. The number of carbonyl (C=O) groups excluding carboxylic acids is 4. The summed E-state index contributed by atoms with van der Waals surface area (Å²) < 4.78 is 34.7. The van der Waals surface area contributed by atoms with E-state index in [2.05, 4.69) is 19.2 Å². The fourth-order valence-electron chi connectivity index (χ4n) is 10.5. The third-order valence-corrected chi connectivity index (χ3v) is 16.5. The number of nitrogens with zero attached hydrogens (tertiary/aromatic N) is 3. The van der Waals surface area contributed by atoms with Crippen molar-refractivity contribution in [3.05, 3.63) is 122 Å². The zero-order valence-electron chi connectivity index (χ0n) is 48.3. The first-order valence-electron chi connectivity index (χ1n) is 30.1. The van der Waals surface area contributed by atoms with Crippen LogP contribution in [0.15, 0.2) is 121 Å². The summed E-state index contributed by atoms with van der Waals surface area (Å²) in [6.45, 7) is 9.48. The minimum Gasteiger partial charge on any atom is -0.494 e. The molecule has 3 aliphatic rings. The van der Waals surface area contributed by atoms with Gasteiger partial charge in [-0.05, 0) is 206 Å². The largest absolute Gasteiger partial charge is 0.494 e. The Morgan fingerprint density at radius 1 is 0.548 bits per heavy atom. The fraction of sp³-hybridized carbons (Fsp3) is 0.485. The highest BCUT2D eigenvalue weighted by Crippen LogP contribution is 2.36. The van der Waals surface area contributed by atoms with Crippen molar-refractivity contribution in [3.8, 4) is 34.5 Å². The minimum absolute atomic E-state index is 0.174. The molecule has 0 aliphatic heterocycles. The number of para-hydroxylation sites is 1. The summed E-state index contributed by atoms with van der Waals surface area (Å²) in [6, 6.07) is 28.0. The smallest absolute Gasteiger partial charge is 0.330 e. The molecular formula is C66H81N3O14S. The molecule has 3 saturated carbocycles. The van der Waals surface area contributed by atoms with Crippen molar-refractivity contribution in [3.63, 3.8) is 0 Å². The van der Waals surface area contributed by atoms with Gasteiger partial charge in [0.25, 0.3) is 0 Å². The molecule has 0 atom stereocenters. The van der Waals surface area contributed by atoms with Gasteiger partial charge in [0, 0.05) is 17.7 Å². The number of fused-ring (bicyclic) bond motifs is 1. The van der Waals surface area contributed by atoms with Crippen molar-refractivity contribution in [2.24, 2.45) is 28.8 Å². The fourth-order valence-corrected chi connectivity index (χ4v) is 11.5. The van der Waals surface area contributed by atoms with E-state index in [0.717, 1.165) is 124 Å². The lowest BCUT2D eigenvalue weighted by molar-refractivity contribution is -0.218. The zero-order chi connectivity index (χ0) is 58.6. The molecule has 3 aliphatic carbocycles. The lowest BCUT2D eigenvalue weighted by Crippen LogP contribution is -2.32. The number of rotatable bonds is 34. The van der Waals surface area contributed by atoms with E-state index in [1.54, 1.807) is 47.9 Å². The lowest BCUT2D eigenvalue weighted by atomic mass is 9.82. The second-order valence-electron chi connectivity index (χ2n) is 21.8. The highest BCUT2D eigenvalue weighted by molar-refractivity contribution is 7.22. The first-order chi connectivity index (χ1) is 41.2. The van der Waals surface area contributed by atoms with E-state index < -0.39 is 11.9 Å². The minimum atomic E-state index is -0.398. The van der Waals surface area contributed by atoms with Crippen molar-refractivity contribution in [1.82, 2.24) is 4.98 Å². The Balaban J connectivity index is 0.790. The molecule has 1 heterocycles. The van der Waals surface area contributed by atoms with Crippen LogP contribution in [-0.2, 0) is 38.4 Å². The van der Waals surface area contributed by atoms with Gasteiger partial charge in [0.2, 0.25) is 5.13 Å². The first-order valence-corrected chi connectivity index (χ1v) is 30.9. The van der Waals surface area contributed by atoms with Gasteiger partial charge in [0.05, 0.1) is 74.0 Å². The highest BCUT2D eigenvalue weighted by atomic mass is 32.1. The normalized spacial score (nSPS) is 18.1. The third kappa shape index (κ3) is 20.8. The van der Waals surface area contributed by atoms with Gasteiger partial charge >= 0.3 is 23.9 Å². The SMILES string of the molecule is C=CC(=O)OCCCCCCOc1ccc(OOCC2CCC(C(=O)Oc3ccc(OOCC4CCC(C(=O)Oc5ccc(OCCCCCCOC(=O)C=C)cc5)CC4)c(/C=N/N(c4nc5ccccc5s4)C4CCCCC4)c3)CC2)cc1. The molecule has 1 aromatic heterocycles. The molecule has 4 aromatic carbocycles. The summed E-state index contributed by atoms with van der Waals surface area (Å²) in [5, 5.41) is 7.97. The predicted octanol–water partition coefficient (Wildman–Crippen LogP) is 14.3. The van der Waals surface area contributed by atoms with Gasteiger partial charge < -0.3 is 38.2 Å². The molecule has 0 spiro atoms. The average Bonchev–Trinajstić information content (AvgIpc) is 4.19. The van der Waals surface area contributed by atoms with Crippen LogP contribution in [-0.4, -0.2) is 80.8 Å². The number of thiazole rings is 1. The number of hydrogen-bond donors (Lipinski definition) is 0. The molecule has 18 heteroatoms. The van der Waals surface area contributed by atoms with Crippen LogP contribution in [0.4, 0.5) is 5.13 Å². The van der Waals surface area contributed by atoms with Gasteiger partial charge in [-0.1, -0.05) is 55.9 Å². The van der Waals surface area contributed by atoms with Crippen molar-refractivity contribution in [2.75, 3.05) is 44.7 Å². The maximum absolute atomic E-state index is 13.8. The Morgan fingerprint density at radius 3 is 1.61 bits per heavy atom. The van der Waals surface area contributed by atoms with Crippen LogP contribution >= 0.6 is 11.3 Å². The summed E-state index contributed by atoms with van der Waals surface area (Å²) in [4.78, 5) is 77.6. The number of aromatic nitrogens is 1. The van der Waals surface area contributed by atoms with Crippen LogP contribution in [0.1, 0.15) is 140 Å². The van der Waals surface area contributed by atoms with Gasteiger partial charge in [-0.3, -0.25) is 9.59 Å². The van der Waals surface area contributed by atoms with Crippen molar-refractivity contribution in [1.29, 1.82) is 0 Å². The van der Waals surface area contributed by atoms with Crippen molar-refractivity contribution >= 4 is 56.8 Å². The molecule has 0 radical (unpaired) electrons. The molecule has 3 fully saturated rings. The molecule has 450 valence electrons. The number of unbranched alkanes of at least 4 members (excludes halogenated alkanes) is 6. The van der Waals surface area contributed by atoms with Crippen LogP contribution in [0.2, 0.25) is 0 Å². The number of hydrogen-bond acceptors (Lipinski definition) is 18. The quantitative estimate of drug-likeness (QED) is 0.00718. The molecule has 0 bridgehead atoms. The summed E-state index contributed by atoms with van der Waals surface area (Å²) in [5.74, 6) is 1.94. The van der Waals surface area contributed by atoms with Gasteiger partial charge in [-0.15, -0.1) is 0 Å². The van der Waals surface area contributed by atoms with Crippen molar-refractivity contribution < 1.29 is 67.1 Å². The molecule has 0 amide bonds. The molecule has 84 heavy (non-hydrogen) atoms. The molecule has 8 rings (SSSR count). The van der Waals surface area contributed by atoms with Crippen LogP contribution in [0, 0.1) is 23.7 Å². The Bertz CT molecular complexity index is 2840. The number of anilines is 1. The van der Waals surface area contributed by atoms with Gasteiger partial charge in [0.1, 0.15) is 23.0 Å². The Kier molecular flexibility index (Phi) is 25.8. The number of carbonyl (C=O) groups is 4. The maximum atomic E-state index is 13.8. The van der Waals surface area contributed by atoms with E-state index in [1.807, 2.05) is 59.6 Å². The Hall–Kier alpha value is -7.28. The van der Waals surface area contributed by atoms with E-state index in [1.165, 1.54) is 18.6 Å². The monoisotopic (exact) mass is 1170 g/mol. The Morgan fingerprint density at radius 2 is 1.05 bits per heavy atom. The molecule has 17 nitrogen and oxygen atoms in total. The van der Waals surface area contributed by atoms with Crippen molar-refractivity contribution in [2.45, 2.75) is 141 Å².